The second-order valence-corrected chi connectivity index (χ2v) is 8.27. The summed E-state index contributed by atoms with van der Waals surface area (Å²) in [6, 6.07) is 13.3. The van der Waals surface area contributed by atoms with Crippen LogP contribution < -0.4 is 9.47 Å². The zero-order valence-corrected chi connectivity index (χ0v) is 19.5. The number of morpholine rings is 1. The van der Waals surface area contributed by atoms with Crippen LogP contribution in [0.1, 0.15) is 23.6 Å². The Kier molecular flexibility index (Phi) is 7.49. The topological polar surface area (TPSA) is 88.5 Å². The van der Waals surface area contributed by atoms with E-state index in [-0.39, 0.29) is 11.3 Å². The lowest BCUT2D eigenvalue weighted by atomic mass is 9.94. The normalized spacial score (nSPS) is 20.5. The molecule has 2 aliphatic rings. The maximum Gasteiger partial charge on any atom is 0.295 e. The Hall–Kier alpha value is -3.36. The van der Waals surface area contributed by atoms with Gasteiger partial charge in [0.05, 0.1) is 39.0 Å². The molecule has 8 nitrogen and oxygen atoms in total. The number of nitrogens with zero attached hydrogens (tertiary/aromatic N) is 2. The van der Waals surface area contributed by atoms with Gasteiger partial charge in [-0.3, -0.25) is 14.5 Å². The van der Waals surface area contributed by atoms with Gasteiger partial charge in [0.15, 0.2) is 0 Å². The van der Waals surface area contributed by atoms with E-state index in [0.29, 0.717) is 48.8 Å². The molecule has 1 amide bonds. The largest absolute Gasteiger partial charge is 0.507 e. The van der Waals surface area contributed by atoms with Crippen LogP contribution in [0.2, 0.25) is 0 Å². The summed E-state index contributed by atoms with van der Waals surface area (Å²) in [6.07, 6.45) is 0.692. The predicted molar refractivity (Wildman–Crippen MR) is 127 cm³/mol. The van der Waals surface area contributed by atoms with Gasteiger partial charge in [-0.05, 0) is 24.6 Å². The summed E-state index contributed by atoms with van der Waals surface area (Å²) in [4.78, 5) is 30.2. The van der Waals surface area contributed by atoms with Crippen LogP contribution in [-0.2, 0) is 14.3 Å². The molecule has 4 rings (SSSR count). The molecule has 180 valence electrons. The molecule has 1 N–H and O–H groups in total. The molecule has 0 radical (unpaired) electrons. The van der Waals surface area contributed by atoms with Crippen LogP contribution in [0.3, 0.4) is 0 Å². The number of likely N-dealkylation sites (tertiary alicyclic amines) is 1. The number of methoxy groups -OCH3 is 2. The average Bonchev–Trinajstić information content (AvgIpc) is 3.13. The molecule has 2 saturated heterocycles. The fourth-order valence-electron chi connectivity index (χ4n) is 4.54. The van der Waals surface area contributed by atoms with Crippen LogP contribution in [-0.4, -0.2) is 80.2 Å². The van der Waals surface area contributed by atoms with Crippen LogP contribution in [0.5, 0.6) is 11.5 Å². The number of aliphatic hydroxyl groups is 1. The molecule has 2 aliphatic heterocycles. The summed E-state index contributed by atoms with van der Waals surface area (Å²) in [6.45, 7) is 4.27. The van der Waals surface area contributed by atoms with Gasteiger partial charge in [-0.2, -0.15) is 0 Å². The Bertz CT molecular complexity index is 1080. The van der Waals surface area contributed by atoms with Crippen molar-refractivity contribution in [2.75, 3.05) is 53.6 Å². The second kappa shape index (κ2) is 10.7. The number of amides is 1. The summed E-state index contributed by atoms with van der Waals surface area (Å²) in [5, 5.41) is 11.2. The summed E-state index contributed by atoms with van der Waals surface area (Å²) >= 11 is 0. The monoisotopic (exact) mass is 466 g/mol. The minimum atomic E-state index is -0.757. The minimum absolute atomic E-state index is 0.0501. The van der Waals surface area contributed by atoms with E-state index in [1.807, 2.05) is 18.2 Å². The quantitative estimate of drug-likeness (QED) is 0.364. The van der Waals surface area contributed by atoms with Gasteiger partial charge in [0.25, 0.3) is 11.7 Å². The van der Waals surface area contributed by atoms with E-state index < -0.39 is 17.7 Å². The summed E-state index contributed by atoms with van der Waals surface area (Å²) in [5.41, 5.74) is 1.11. The predicted octanol–water partition coefficient (Wildman–Crippen LogP) is 2.85. The Balaban J connectivity index is 1.72. The van der Waals surface area contributed by atoms with Crippen molar-refractivity contribution >= 4 is 17.4 Å². The van der Waals surface area contributed by atoms with Crippen molar-refractivity contribution in [2.24, 2.45) is 0 Å². The molecule has 2 fully saturated rings. The van der Waals surface area contributed by atoms with Crippen LogP contribution >= 0.6 is 0 Å². The van der Waals surface area contributed by atoms with Gasteiger partial charge in [0.1, 0.15) is 17.3 Å². The number of carbonyl (C=O) groups is 2. The molecular weight excluding hydrogens is 436 g/mol. The molecule has 0 bridgehead atoms. The molecule has 0 unspecified atom stereocenters. The zero-order chi connectivity index (χ0) is 24.1. The van der Waals surface area contributed by atoms with Gasteiger partial charge in [0, 0.05) is 37.3 Å². The van der Waals surface area contributed by atoms with Crippen molar-refractivity contribution in [3.8, 4) is 11.5 Å². The maximum absolute atomic E-state index is 13.2. The fraction of sp³-hybridized carbons (Fsp3) is 0.385. The SMILES string of the molecule is COc1cccc(C(O)=C2C(=O)C(=O)N(CCCN3CCOCC3)[C@H]2c2ccccc2OC)c1. The number of hydrogen-bond acceptors (Lipinski definition) is 7. The summed E-state index contributed by atoms with van der Waals surface area (Å²) < 4.78 is 16.2. The van der Waals surface area contributed by atoms with Crippen molar-refractivity contribution in [2.45, 2.75) is 12.5 Å². The number of ether oxygens (including phenoxy) is 3. The maximum atomic E-state index is 13.2. The summed E-state index contributed by atoms with van der Waals surface area (Å²) in [5.74, 6) is -0.476. The van der Waals surface area contributed by atoms with E-state index in [2.05, 4.69) is 4.90 Å². The molecule has 0 spiro atoms. The molecule has 2 heterocycles. The first kappa shape index (κ1) is 23.8. The average molecular weight is 467 g/mol. The Labute approximate surface area is 199 Å². The van der Waals surface area contributed by atoms with Gasteiger partial charge in [-0.25, -0.2) is 0 Å². The molecule has 0 aliphatic carbocycles. The number of ketones is 1. The lowest BCUT2D eigenvalue weighted by molar-refractivity contribution is -0.140. The van der Waals surface area contributed by atoms with Crippen LogP contribution in [0.15, 0.2) is 54.1 Å². The standard InChI is InChI=1S/C26H30N2O6/c1-32-19-8-5-7-18(17-19)24(29)22-23(20-9-3-4-10-21(20)33-2)28(26(31)25(22)30)12-6-11-27-13-15-34-16-14-27/h3-5,7-10,17,23,29H,6,11-16H2,1-2H3/t23-/m0/s1. The van der Waals surface area contributed by atoms with Crippen LogP contribution in [0.25, 0.3) is 5.76 Å². The molecule has 0 aromatic heterocycles. The van der Waals surface area contributed by atoms with Gasteiger partial charge in [-0.1, -0.05) is 30.3 Å². The number of carbonyl (C=O) groups excluding carboxylic acids is 2. The Morgan fingerprint density at radius 3 is 2.53 bits per heavy atom. The summed E-state index contributed by atoms with van der Waals surface area (Å²) in [7, 11) is 3.08. The zero-order valence-electron chi connectivity index (χ0n) is 19.5. The fourth-order valence-corrected chi connectivity index (χ4v) is 4.54. The molecule has 8 heteroatoms. The van der Waals surface area contributed by atoms with Crippen molar-refractivity contribution < 1.29 is 28.9 Å². The first-order valence-electron chi connectivity index (χ1n) is 11.4. The molecule has 2 aromatic carbocycles. The first-order chi connectivity index (χ1) is 16.5. The van der Waals surface area contributed by atoms with E-state index in [1.54, 1.807) is 42.3 Å². The first-order valence-corrected chi connectivity index (χ1v) is 11.4. The number of benzene rings is 2. The van der Waals surface area contributed by atoms with E-state index in [4.69, 9.17) is 14.2 Å². The van der Waals surface area contributed by atoms with Crippen LogP contribution in [0.4, 0.5) is 0 Å². The smallest absolute Gasteiger partial charge is 0.295 e. The van der Waals surface area contributed by atoms with E-state index in [9.17, 15) is 14.7 Å². The van der Waals surface area contributed by atoms with Gasteiger partial charge in [0.2, 0.25) is 0 Å². The third-order valence-corrected chi connectivity index (χ3v) is 6.29. The highest BCUT2D eigenvalue weighted by atomic mass is 16.5. The van der Waals surface area contributed by atoms with Gasteiger partial charge >= 0.3 is 0 Å². The van der Waals surface area contributed by atoms with Crippen LogP contribution in [0, 0.1) is 0 Å². The van der Waals surface area contributed by atoms with E-state index in [0.717, 1.165) is 19.6 Å². The number of para-hydroxylation sites is 1. The minimum Gasteiger partial charge on any atom is -0.507 e. The highest BCUT2D eigenvalue weighted by Gasteiger charge is 2.46. The Morgan fingerprint density at radius 1 is 1.03 bits per heavy atom. The van der Waals surface area contributed by atoms with Crippen molar-refractivity contribution in [3.05, 3.63) is 65.2 Å². The third-order valence-electron chi connectivity index (χ3n) is 6.29. The molecule has 0 saturated carbocycles. The molecular formula is C26H30N2O6. The lowest BCUT2D eigenvalue weighted by Crippen LogP contribution is -2.39. The third kappa shape index (κ3) is 4.78. The molecule has 34 heavy (non-hydrogen) atoms. The van der Waals surface area contributed by atoms with E-state index in [1.165, 1.54) is 7.11 Å². The van der Waals surface area contributed by atoms with Gasteiger partial charge < -0.3 is 24.2 Å². The van der Waals surface area contributed by atoms with E-state index >= 15 is 0 Å². The Morgan fingerprint density at radius 2 is 1.79 bits per heavy atom. The molecule has 1 atom stereocenters. The molecule has 2 aromatic rings. The van der Waals surface area contributed by atoms with Crippen molar-refractivity contribution in [3.63, 3.8) is 0 Å². The number of rotatable bonds is 8. The number of aliphatic hydroxyl groups excluding tert-OH is 1. The lowest BCUT2D eigenvalue weighted by Gasteiger charge is -2.29. The number of hydrogen-bond donors (Lipinski definition) is 1. The highest BCUT2D eigenvalue weighted by molar-refractivity contribution is 6.46. The second-order valence-electron chi connectivity index (χ2n) is 8.27. The van der Waals surface area contributed by atoms with Gasteiger partial charge in [-0.15, -0.1) is 0 Å². The van der Waals surface area contributed by atoms with Crippen molar-refractivity contribution in [1.82, 2.24) is 9.80 Å². The highest BCUT2D eigenvalue weighted by Crippen LogP contribution is 2.42. The van der Waals surface area contributed by atoms with Crippen molar-refractivity contribution in [1.29, 1.82) is 0 Å². The number of Topliss-reactive ketones (excluding diaryl/α,β-unsaturated/α-hetero) is 1.